The van der Waals surface area contributed by atoms with Gasteiger partial charge < -0.3 is 0 Å². The van der Waals surface area contributed by atoms with Gasteiger partial charge in [-0.1, -0.05) is 5.73 Å². The minimum absolute atomic E-state index is 0.863. The van der Waals surface area contributed by atoms with E-state index >= 15 is 0 Å². The maximum Gasteiger partial charge on any atom is 0.116 e. The van der Waals surface area contributed by atoms with E-state index < -0.39 is 0 Å². The van der Waals surface area contributed by atoms with E-state index in [0.29, 0.717) is 0 Å². The van der Waals surface area contributed by atoms with Crippen LogP contribution in [-0.2, 0) is 0 Å². The molecule has 8 heavy (non-hydrogen) atoms. The molecular weight excluding hydrogens is 100 g/mol. The van der Waals surface area contributed by atoms with Crippen molar-refractivity contribution in [2.24, 2.45) is 9.98 Å². The minimum atomic E-state index is 0.863. The van der Waals surface area contributed by atoms with E-state index in [0.717, 1.165) is 5.70 Å². The fourth-order valence-corrected chi connectivity index (χ4v) is 0.397. The molecule has 0 fully saturated rings. The molecule has 0 saturated carbocycles. The van der Waals surface area contributed by atoms with E-state index in [1.165, 1.54) is 6.34 Å². The molecule has 0 saturated heterocycles. The number of hydrogen-bond donors (Lipinski definition) is 0. The van der Waals surface area contributed by atoms with Crippen molar-refractivity contribution in [2.75, 3.05) is 0 Å². The van der Waals surface area contributed by atoms with Crippen molar-refractivity contribution in [1.82, 2.24) is 0 Å². The summed E-state index contributed by atoms with van der Waals surface area (Å²) >= 11 is 0. The van der Waals surface area contributed by atoms with Gasteiger partial charge in [-0.25, -0.2) is 9.98 Å². The van der Waals surface area contributed by atoms with Gasteiger partial charge >= 0.3 is 0 Å². The molecule has 40 valence electrons. The third-order valence-corrected chi connectivity index (χ3v) is 0.771. The predicted octanol–water partition coefficient (Wildman–Crippen LogP) is 1.16. The van der Waals surface area contributed by atoms with E-state index in [1.807, 2.05) is 6.92 Å². The van der Waals surface area contributed by atoms with Crippen LogP contribution in [0, 0.1) is 0 Å². The van der Waals surface area contributed by atoms with Crippen LogP contribution in [0.2, 0.25) is 0 Å². The van der Waals surface area contributed by atoms with Crippen molar-refractivity contribution in [3.05, 3.63) is 17.5 Å². The highest BCUT2D eigenvalue weighted by molar-refractivity contribution is 5.81. The zero-order chi connectivity index (χ0) is 5.82. The highest BCUT2D eigenvalue weighted by Gasteiger charge is 1.76. The molecular formula is C6H6N2. The van der Waals surface area contributed by atoms with Crippen molar-refractivity contribution in [3.8, 4) is 0 Å². The van der Waals surface area contributed by atoms with Crippen LogP contribution in [0.5, 0.6) is 0 Å². The first-order valence-corrected chi connectivity index (χ1v) is 2.37. The van der Waals surface area contributed by atoms with Crippen LogP contribution in [-0.4, -0.2) is 12.6 Å². The predicted molar refractivity (Wildman–Crippen MR) is 34.3 cm³/mol. The summed E-state index contributed by atoms with van der Waals surface area (Å²) in [7, 11) is 0. The zero-order valence-corrected chi connectivity index (χ0v) is 4.63. The maximum absolute atomic E-state index is 3.88. The second kappa shape index (κ2) is 2.24. The normalized spacial score (nSPS) is 15.9. The molecule has 1 rings (SSSR count). The molecule has 0 aliphatic carbocycles. The molecule has 0 spiro atoms. The lowest BCUT2D eigenvalue weighted by atomic mass is 10.5. The van der Waals surface area contributed by atoms with Gasteiger partial charge in [-0.3, -0.25) is 0 Å². The Hall–Kier alpha value is -1.14. The molecule has 1 aliphatic heterocycles. The molecule has 0 atom stereocenters. The number of aliphatic imine (C=N–C) groups is 2. The first-order valence-electron chi connectivity index (χ1n) is 2.37. The van der Waals surface area contributed by atoms with E-state index in [2.05, 4.69) is 15.7 Å². The largest absolute Gasteiger partial charge is 0.244 e. The van der Waals surface area contributed by atoms with Gasteiger partial charge in [0, 0.05) is 12.3 Å². The molecule has 0 radical (unpaired) electrons. The molecule has 0 aromatic rings. The molecule has 0 N–H and O–H groups in total. The van der Waals surface area contributed by atoms with Crippen LogP contribution >= 0.6 is 0 Å². The summed E-state index contributed by atoms with van der Waals surface area (Å²) in [5.41, 5.74) is 3.75. The van der Waals surface area contributed by atoms with Crippen molar-refractivity contribution in [2.45, 2.75) is 6.92 Å². The quantitative estimate of drug-likeness (QED) is 0.414. The average molecular weight is 106 g/mol. The van der Waals surface area contributed by atoms with Crippen LogP contribution in [0.3, 0.4) is 0 Å². The van der Waals surface area contributed by atoms with Crippen molar-refractivity contribution < 1.29 is 0 Å². The fraction of sp³-hybridized carbons (Fsp3) is 0.167. The number of allylic oxidation sites excluding steroid dienone is 1. The zero-order valence-electron chi connectivity index (χ0n) is 4.63. The van der Waals surface area contributed by atoms with Gasteiger partial charge in [0.2, 0.25) is 0 Å². The van der Waals surface area contributed by atoms with Crippen LogP contribution in [0.15, 0.2) is 27.5 Å². The van der Waals surface area contributed by atoms with Gasteiger partial charge in [0.15, 0.2) is 0 Å². The molecule has 0 unspecified atom stereocenters. The Labute approximate surface area is 48.0 Å². The van der Waals surface area contributed by atoms with Crippen LogP contribution < -0.4 is 0 Å². The van der Waals surface area contributed by atoms with E-state index in [4.69, 9.17) is 0 Å². The molecule has 2 nitrogen and oxygen atoms in total. The second-order valence-electron chi connectivity index (χ2n) is 1.44. The molecule has 1 aliphatic rings. The summed E-state index contributed by atoms with van der Waals surface area (Å²) < 4.78 is 0. The second-order valence-corrected chi connectivity index (χ2v) is 1.44. The third kappa shape index (κ3) is 1.17. The Balaban J connectivity index is 2.95. The number of rotatable bonds is 0. The number of nitrogens with zero attached hydrogens (tertiary/aromatic N) is 2. The van der Waals surface area contributed by atoms with Gasteiger partial charge in [-0.2, -0.15) is 0 Å². The molecule has 0 amide bonds. The topological polar surface area (TPSA) is 24.7 Å². The maximum atomic E-state index is 3.88. The van der Waals surface area contributed by atoms with Gasteiger partial charge in [0.1, 0.15) is 6.34 Å². The summed E-state index contributed by atoms with van der Waals surface area (Å²) in [6, 6.07) is 0. The minimum Gasteiger partial charge on any atom is -0.244 e. The van der Waals surface area contributed by atoms with E-state index in [-0.39, 0.29) is 0 Å². The summed E-state index contributed by atoms with van der Waals surface area (Å²) in [4.78, 5) is 7.64. The Bertz CT molecular complexity index is 193. The van der Waals surface area contributed by atoms with Gasteiger partial charge in [0.25, 0.3) is 0 Å². The first-order chi connectivity index (χ1) is 3.89. The monoisotopic (exact) mass is 106 g/mol. The van der Waals surface area contributed by atoms with Crippen LogP contribution in [0.1, 0.15) is 6.92 Å². The molecule has 0 aromatic heterocycles. The Morgan fingerprint density at radius 1 is 1.62 bits per heavy atom. The van der Waals surface area contributed by atoms with E-state index in [1.54, 1.807) is 12.3 Å². The van der Waals surface area contributed by atoms with Crippen molar-refractivity contribution in [3.63, 3.8) is 0 Å². The highest BCUT2D eigenvalue weighted by Crippen LogP contribution is 1.90. The Morgan fingerprint density at radius 3 is 3.38 bits per heavy atom. The summed E-state index contributed by atoms with van der Waals surface area (Å²) in [6.45, 7) is 1.88. The summed E-state index contributed by atoms with van der Waals surface area (Å²) in [5, 5.41) is 0. The fourth-order valence-electron chi connectivity index (χ4n) is 0.397. The van der Waals surface area contributed by atoms with Gasteiger partial charge in [-0.05, 0) is 6.92 Å². The van der Waals surface area contributed by atoms with Gasteiger partial charge in [0.05, 0.1) is 5.70 Å². The lowest BCUT2D eigenvalue weighted by Crippen LogP contribution is -1.64. The van der Waals surface area contributed by atoms with Gasteiger partial charge in [-0.15, -0.1) is 0 Å². The molecule has 1 heterocycles. The Morgan fingerprint density at radius 2 is 2.50 bits per heavy atom. The van der Waals surface area contributed by atoms with Crippen LogP contribution in [0.4, 0.5) is 0 Å². The van der Waals surface area contributed by atoms with E-state index in [9.17, 15) is 0 Å². The molecule has 2 heteroatoms. The standard InChI is InChI=1S/C6H6N2/c1-6-3-2-4-7-5-8-6/h2,4-5H,1H3. The smallest absolute Gasteiger partial charge is 0.116 e. The number of hydrogen-bond acceptors (Lipinski definition) is 2. The summed E-state index contributed by atoms with van der Waals surface area (Å²) in [5.74, 6) is 0. The molecule has 0 bridgehead atoms. The highest BCUT2D eigenvalue weighted by atomic mass is 14.9. The first kappa shape index (κ1) is 5.01. The summed E-state index contributed by atoms with van der Waals surface area (Å²) in [6.07, 6.45) is 4.90. The average Bonchev–Trinajstić information content (AvgIpc) is 1.94. The lowest BCUT2D eigenvalue weighted by Gasteiger charge is -1.76. The van der Waals surface area contributed by atoms with Crippen molar-refractivity contribution >= 4 is 12.6 Å². The van der Waals surface area contributed by atoms with Crippen LogP contribution in [0.25, 0.3) is 0 Å². The third-order valence-electron chi connectivity index (χ3n) is 0.771. The Kier molecular flexibility index (Phi) is 1.40. The molecule has 0 aromatic carbocycles. The lowest BCUT2D eigenvalue weighted by molar-refractivity contribution is 1.33. The van der Waals surface area contributed by atoms with Crippen molar-refractivity contribution in [1.29, 1.82) is 0 Å². The SMILES string of the molecule is CC1=C=CC=NC=N1.